The molecule has 0 saturated heterocycles. The minimum absolute atomic E-state index is 0.219. The van der Waals surface area contributed by atoms with E-state index in [4.69, 9.17) is 9.47 Å². The number of amides is 1. The summed E-state index contributed by atoms with van der Waals surface area (Å²) in [7, 11) is 1.57. The number of hydrogen-bond donors (Lipinski definition) is 1. The predicted octanol–water partition coefficient (Wildman–Crippen LogP) is 4.11. The predicted molar refractivity (Wildman–Crippen MR) is 113 cm³/mol. The van der Waals surface area contributed by atoms with Gasteiger partial charge in [0.15, 0.2) is 17.3 Å². The number of anilines is 1. The third-order valence-electron chi connectivity index (χ3n) is 4.97. The number of nitrogens with zero attached hydrogens (tertiary/aromatic N) is 4. The Bertz CT molecular complexity index is 1010. The van der Waals surface area contributed by atoms with E-state index < -0.39 is 0 Å². The Morgan fingerprint density at radius 2 is 1.97 bits per heavy atom. The smallest absolute Gasteiger partial charge is 0.255 e. The summed E-state index contributed by atoms with van der Waals surface area (Å²) in [5.74, 6) is 1.71. The maximum Gasteiger partial charge on any atom is 0.255 e. The molecule has 1 heterocycles. The maximum absolute atomic E-state index is 12.7. The first-order valence-corrected chi connectivity index (χ1v) is 10.2. The molecular weight excluding hydrogens is 382 g/mol. The number of nitrogens with one attached hydrogen (secondary N) is 1. The quantitative estimate of drug-likeness (QED) is 0.537. The Morgan fingerprint density at radius 1 is 1.17 bits per heavy atom. The molecule has 0 spiro atoms. The highest BCUT2D eigenvalue weighted by Gasteiger charge is 2.28. The van der Waals surface area contributed by atoms with Crippen molar-refractivity contribution in [2.45, 2.75) is 38.6 Å². The number of carbonyl (C=O) groups excluding carboxylic acids is 1. The number of benzene rings is 2. The van der Waals surface area contributed by atoms with Crippen LogP contribution in [0.2, 0.25) is 0 Å². The molecule has 156 valence electrons. The molecular formula is C22H25N5O3. The number of methoxy groups -OCH3 is 1. The van der Waals surface area contributed by atoms with E-state index in [2.05, 4.69) is 27.8 Å². The average molecular weight is 407 g/mol. The van der Waals surface area contributed by atoms with Crippen LogP contribution in [0.1, 0.15) is 49.0 Å². The molecule has 1 amide bonds. The molecule has 3 aromatic rings. The van der Waals surface area contributed by atoms with Crippen molar-refractivity contribution in [3.63, 3.8) is 0 Å². The molecule has 4 rings (SSSR count). The minimum Gasteiger partial charge on any atom is -0.493 e. The second-order valence-electron chi connectivity index (χ2n) is 7.28. The lowest BCUT2D eigenvalue weighted by Crippen LogP contribution is -2.12. The first kappa shape index (κ1) is 19.9. The van der Waals surface area contributed by atoms with Gasteiger partial charge in [-0.15, -0.1) is 5.10 Å². The van der Waals surface area contributed by atoms with E-state index in [0.717, 1.165) is 37.1 Å². The zero-order valence-electron chi connectivity index (χ0n) is 17.2. The lowest BCUT2D eigenvalue weighted by molar-refractivity contribution is 0.102. The Balaban J connectivity index is 1.44. The molecule has 1 aliphatic rings. The summed E-state index contributed by atoms with van der Waals surface area (Å²) in [5, 5.41) is 14.9. The highest BCUT2D eigenvalue weighted by molar-refractivity contribution is 6.04. The zero-order chi connectivity index (χ0) is 20.9. The number of rotatable bonds is 9. The minimum atomic E-state index is -0.219. The van der Waals surface area contributed by atoms with Crippen molar-refractivity contribution in [2.24, 2.45) is 0 Å². The van der Waals surface area contributed by atoms with Crippen molar-refractivity contribution < 1.29 is 14.3 Å². The van der Waals surface area contributed by atoms with Crippen molar-refractivity contribution in [1.82, 2.24) is 20.2 Å². The number of unbranched alkanes of at least 4 members (excludes halogenated alkanes) is 1. The topological polar surface area (TPSA) is 91.2 Å². The van der Waals surface area contributed by atoms with Gasteiger partial charge in [-0.3, -0.25) is 4.79 Å². The Morgan fingerprint density at radius 3 is 2.67 bits per heavy atom. The van der Waals surface area contributed by atoms with Crippen LogP contribution in [0.25, 0.3) is 11.4 Å². The van der Waals surface area contributed by atoms with Crippen LogP contribution in [-0.4, -0.2) is 39.8 Å². The first-order valence-electron chi connectivity index (χ1n) is 10.2. The lowest BCUT2D eigenvalue weighted by atomic mass is 10.1. The second-order valence-corrected chi connectivity index (χ2v) is 7.28. The molecule has 1 saturated carbocycles. The monoisotopic (exact) mass is 407 g/mol. The molecule has 1 fully saturated rings. The molecule has 1 N–H and O–H groups in total. The van der Waals surface area contributed by atoms with E-state index >= 15 is 0 Å². The molecule has 0 unspecified atom stereocenters. The normalized spacial score (nSPS) is 13.1. The summed E-state index contributed by atoms with van der Waals surface area (Å²) in [6.45, 7) is 2.73. The van der Waals surface area contributed by atoms with Crippen LogP contribution in [0.15, 0.2) is 42.5 Å². The van der Waals surface area contributed by atoms with Crippen LogP contribution in [0.4, 0.5) is 5.69 Å². The fourth-order valence-electron chi connectivity index (χ4n) is 3.11. The van der Waals surface area contributed by atoms with Crippen LogP contribution < -0.4 is 14.8 Å². The van der Waals surface area contributed by atoms with Crippen molar-refractivity contribution >= 4 is 11.6 Å². The van der Waals surface area contributed by atoms with Gasteiger partial charge in [0.2, 0.25) is 0 Å². The SMILES string of the molecule is CCCCOc1ccc(C(=O)Nc2ccc(-c3nnnn3C3CC3)cc2)cc1OC. The van der Waals surface area contributed by atoms with Gasteiger partial charge >= 0.3 is 0 Å². The Labute approximate surface area is 175 Å². The highest BCUT2D eigenvalue weighted by Crippen LogP contribution is 2.36. The van der Waals surface area contributed by atoms with Gasteiger partial charge in [0.25, 0.3) is 5.91 Å². The van der Waals surface area contributed by atoms with Crippen molar-refractivity contribution in [1.29, 1.82) is 0 Å². The lowest BCUT2D eigenvalue weighted by Gasteiger charge is -2.12. The van der Waals surface area contributed by atoms with E-state index in [1.807, 2.05) is 28.9 Å². The Hall–Kier alpha value is -3.42. The van der Waals surface area contributed by atoms with Gasteiger partial charge in [-0.1, -0.05) is 13.3 Å². The van der Waals surface area contributed by atoms with Crippen LogP contribution in [0.3, 0.4) is 0 Å². The van der Waals surface area contributed by atoms with Gasteiger partial charge in [0, 0.05) is 16.8 Å². The van der Waals surface area contributed by atoms with E-state index in [1.165, 1.54) is 0 Å². The maximum atomic E-state index is 12.7. The first-order chi connectivity index (χ1) is 14.7. The molecule has 8 heteroatoms. The van der Waals surface area contributed by atoms with Gasteiger partial charge in [-0.25, -0.2) is 4.68 Å². The summed E-state index contributed by atoms with van der Waals surface area (Å²) in [5.41, 5.74) is 2.10. The molecule has 1 aliphatic carbocycles. The summed E-state index contributed by atoms with van der Waals surface area (Å²) < 4.78 is 13.0. The summed E-state index contributed by atoms with van der Waals surface area (Å²) in [6, 6.07) is 13.1. The summed E-state index contributed by atoms with van der Waals surface area (Å²) in [6.07, 6.45) is 4.24. The number of aromatic nitrogens is 4. The molecule has 0 atom stereocenters. The molecule has 8 nitrogen and oxygen atoms in total. The number of carbonyl (C=O) groups is 1. The molecule has 1 aromatic heterocycles. The van der Waals surface area contributed by atoms with Gasteiger partial charge in [0.1, 0.15) is 0 Å². The van der Waals surface area contributed by atoms with E-state index in [9.17, 15) is 4.79 Å². The number of hydrogen-bond acceptors (Lipinski definition) is 6. The number of tetrazole rings is 1. The fraction of sp³-hybridized carbons (Fsp3) is 0.364. The largest absolute Gasteiger partial charge is 0.493 e. The van der Waals surface area contributed by atoms with Gasteiger partial charge in [-0.2, -0.15) is 0 Å². The average Bonchev–Trinajstić information content (AvgIpc) is 3.51. The molecule has 30 heavy (non-hydrogen) atoms. The van der Waals surface area contributed by atoms with Crippen LogP contribution in [0.5, 0.6) is 11.5 Å². The third-order valence-corrected chi connectivity index (χ3v) is 4.97. The molecule has 0 radical (unpaired) electrons. The zero-order valence-corrected chi connectivity index (χ0v) is 17.2. The van der Waals surface area contributed by atoms with Gasteiger partial charge in [-0.05, 0) is 72.2 Å². The second kappa shape index (κ2) is 8.94. The van der Waals surface area contributed by atoms with Crippen LogP contribution in [-0.2, 0) is 0 Å². The van der Waals surface area contributed by atoms with E-state index in [-0.39, 0.29) is 5.91 Å². The van der Waals surface area contributed by atoms with Gasteiger partial charge < -0.3 is 14.8 Å². The van der Waals surface area contributed by atoms with Crippen molar-refractivity contribution in [3.8, 4) is 22.9 Å². The summed E-state index contributed by atoms with van der Waals surface area (Å²) in [4.78, 5) is 12.7. The molecule has 0 aliphatic heterocycles. The van der Waals surface area contributed by atoms with Crippen LogP contribution >= 0.6 is 0 Å². The van der Waals surface area contributed by atoms with Crippen LogP contribution in [0, 0.1) is 0 Å². The van der Waals surface area contributed by atoms with Gasteiger partial charge in [0.05, 0.1) is 19.8 Å². The fourth-order valence-corrected chi connectivity index (χ4v) is 3.11. The standard InChI is InChI=1S/C22H25N5O3/c1-3-4-13-30-19-12-7-16(14-20(19)29-2)22(28)23-17-8-5-15(6-9-17)21-24-25-26-27(21)18-10-11-18/h5-9,12,14,18H,3-4,10-11,13H2,1-2H3,(H,23,28). The van der Waals surface area contributed by atoms with Crippen molar-refractivity contribution in [2.75, 3.05) is 19.0 Å². The molecule has 0 bridgehead atoms. The molecule has 2 aromatic carbocycles. The van der Waals surface area contributed by atoms with E-state index in [1.54, 1.807) is 25.3 Å². The highest BCUT2D eigenvalue weighted by atomic mass is 16.5. The summed E-state index contributed by atoms with van der Waals surface area (Å²) >= 11 is 0. The van der Waals surface area contributed by atoms with E-state index in [0.29, 0.717) is 35.4 Å². The third kappa shape index (κ3) is 4.42. The number of ether oxygens (including phenoxy) is 2. The Kier molecular flexibility index (Phi) is 5.92. The van der Waals surface area contributed by atoms with Crippen molar-refractivity contribution in [3.05, 3.63) is 48.0 Å².